The highest BCUT2D eigenvalue weighted by atomic mass is 16.5. The van der Waals surface area contributed by atoms with Gasteiger partial charge in [0.2, 0.25) is 0 Å². The van der Waals surface area contributed by atoms with E-state index in [4.69, 9.17) is 4.74 Å². The van der Waals surface area contributed by atoms with Crippen LogP contribution < -0.4 is 10.1 Å². The van der Waals surface area contributed by atoms with Crippen molar-refractivity contribution in [1.82, 2.24) is 9.88 Å². The second kappa shape index (κ2) is 8.02. The van der Waals surface area contributed by atoms with Gasteiger partial charge >= 0.3 is 6.03 Å². The number of hydrogen-bond donors (Lipinski definition) is 1. The van der Waals surface area contributed by atoms with Crippen LogP contribution in [0, 0.1) is 0 Å². The van der Waals surface area contributed by atoms with Crippen LogP contribution >= 0.6 is 0 Å². The number of carbonyl (C=O) groups excluding carboxylic acids is 1. The van der Waals surface area contributed by atoms with Crippen LogP contribution in [0.2, 0.25) is 0 Å². The summed E-state index contributed by atoms with van der Waals surface area (Å²) in [6.45, 7) is 3.30. The molecule has 0 atom stereocenters. The van der Waals surface area contributed by atoms with Gasteiger partial charge in [0.05, 0.1) is 7.11 Å². The molecule has 0 unspecified atom stereocenters. The van der Waals surface area contributed by atoms with Crippen molar-refractivity contribution in [2.75, 3.05) is 25.5 Å². The summed E-state index contributed by atoms with van der Waals surface area (Å²) in [5.74, 6) is 0.767. The number of carbonyl (C=O) groups is 1. The Morgan fingerprint density at radius 2 is 1.86 bits per heavy atom. The number of methoxy groups -OCH3 is 1. The molecule has 0 radical (unpaired) electrons. The molecule has 1 aromatic heterocycles. The maximum atomic E-state index is 12.3. The maximum absolute atomic E-state index is 12.3. The highest BCUT2D eigenvalue weighted by Crippen LogP contribution is 2.15. The molecule has 2 amide bonds. The molecule has 0 aliphatic rings. The number of rotatable bonds is 6. The van der Waals surface area contributed by atoms with Crippen molar-refractivity contribution in [2.24, 2.45) is 0 Å². The predicted molar refractivity (Wildman–Crippen MR) is 87.2 cm³/mol. The number of pyridine rings is 1. The van der Waals surface area contributed by atoms with Gasteiger partial charge in [0.15, 0.2) is 0 Å². The van der Waals surface area contributed by atoms with E-state index in [1.54, 1.807) is 24.4 Å². The van der Waals surface area contributed by atoms with E-state index >= 15 is 0 Å². The Balaban J connectivity index is 1.90. The number of nitrogens with one attached hydrogen (secondary N) is 1. The van der Waals surface area contributed by atoms with Crippen molar-refractivity contribution in [3.63, 3.8) is 0 Å². The van der Waals surface area contributed by atoms with Crippen LogP contribution in [-0.2, 0) is 6.42 Å². The number of ether oxygens (including phenoxy) is 1. The van der Waals surface area contributed by atoms with E-state index in [2.05, 4.69) is 10.3 Å². The zero-order valence-corrected chi connectivity index (χ0v) is 13.0. The van der Waals surface area contributed by atoms with Crippen molar-refractivity contribution in [2.45, 2.75) is 13.3 Å². The SMILES string of the molecule is CCN(CCc1ccncc1)C(=O)Nc1ccc(OC)cc1. The summed E-state index contributed by atoms with van der Waals surface area (Å²) in [5.41, 5.74) is 1.93. The number of likely N-dealkylation sites (N-methyl/N-ethyl adjacent to an activating group) is 1. The third-order valence-electron chi connectivity index (χ3n) is 3.43. The Kier molecular flexibility index (Phi) is 5.77. The Morgan fingerprint density at radius 3 is 2.45 bits per heavy atom. The van der Waals surface area contributed by atoms with Gasteiger partial charge in [-0.15, -0.1) is 0 Å². The first kappa shape index (κ1) is 15.8. The monoisotopic (exact) mass is 299 g/mol. The van der Waals surface area contributed by atoms with Crippen LogP contribution in [-0.4, -0.2) is 36.1 Å². The highest BCUT2D eigenvalue weighted by molar-refractivity contribution is 5.89. The molecule has 0 aliphatic heterocycles. The van der Waals surface area contributed by atoms with E-state index in [0.717, 1.165) is 17.9 Å². The van der Waals surface area contributed by atoms with Crippen molar-refractivity contribution in [3.8, 4) is 5.75 Å². The average Bonchev–Trinajstić information content (AvgIpc) is 2.57. The lowest BCUT2D eigenvalue weighted by atomic mass is 10.2. The third kappa shape index (κ3) is 4.48. The molecule has 116 valence electrons. The van der Waals surface area contributed by atoms with Gasteiger partial charge in [-0.1, -0.05) is 0 Å². The number of benzene rings is 1. The van der Waals surface area contributed by atoms with E-state index in [1.165, 1.54) is 5.56 Å². The van der Waals surface area contributed by atoms with Crippen molar-refractivity contribution in [3.05, 3.63) is 54.4 Å². The van der Waals surface area contributed by atoms with Gasteiger partial charge < -0.3 is 15.0 Å². The smallest absolute Gasteiger partial charge is 0.321 e. The number of anilines is 1. The fourth-order valence-corrected chi connectivity index (χ4v) is 2.09. The van der Waals surface area contributed by atoms with Crippen LogP contribution in [0.15, 0.2) is 48.8 Å². The van der Waals surface area contributed by atoms with Gasteiger partial charge in [-0.3, -0.25) is 4.98 Å². The number of nitrogens with zero attached hydrogens (tertiary/aromatic N) is 2. The minimum Gasteiger partial charge on any atom is -0.497 e. The van der Waals surface area contributed by atoms with Crippen molar-refractivity contribution < 1.29 is 9.53 Å². The third-order valence-corrected chi connectivity index (χ3v) is 3.43. The zero-order valence-electron chi connectivity index (χ0n) is 13.0. The lowest BCUT2D eigenvalue weighted by Crippen LogP contribution is -2.36. The lowest BCUT2D eigenvalue weighted by molar-refractivity contribution is 0.215. The molecule has 5 heteroatoms. The molecule has 5 nitrogen and oxygen atoms in total. The topological polar surface area (TPSA) is 54.5 Å². The van der Waals surface area contributed by atoms with Gasteiger partial charge in [0.1, 0.15) is 5.75 Å². The number of amides is 2. The fraction of sp³-hybridized carbons (Fsp3) is 0.294. The molecule has 0 spiro atoms. The first-order chi connectivity index (χ1) is 10.7. The normalized spacial score (nSPS) is 10.1. The molecule has 0 bridgehead atoms. The van der Waals surface area contributed by atoms with Crippen molar-refractivity contribution >= 4 is 11.7 Å². The lowest BCUT2D eigenvalue weighted by Gasteiger charge is -2.21. The molecule has 0 fully saturated rings. The molecule has 0 aliphatic carbocycles. The number of hydrogen-bond acceptors (Lipinski definition) is 3. The van der Waals surface area contributed by atoms with E-state index in [0.29, 0.717) is 13.1 Å². The molecule has 22 heavy (non-hydrogen) atoms. The van der Waals surface area contributed by atoms with Crippen LogP contribution in [0.25, 0.3) is 0 Å². The Bertz CT molecular complexity index is 585. The first-order valence-electron chi connectivity index (χ1n) is 7.32. The standard InChI is InChI=1S/C17H21N3O2/c1-3-20(13-10-14-8-11-18-12-9-14)17(21)19-15-4-6-16(22-2)7-5-15/h4-9,11-12H,3,10,13H2,1-2H3,(H,19,21). The minimum atomic E-state index is -0.0956. The van der Waals surface area contributed by atoms with E-state index in [1.807, 2.05) is 43.3 Å². The molecule has 2 rings (SSSR count). The van der Waals surface area contributed by atoms with Gasteiger partial charge in [-0.25, -0.2) is 4.79 Å². The van der Waals surface area contributed by atoms with E-state index < -0.39 is 0 Å². The van der Waals surface area contributed by atoms with Crippen LogP contribution in [0.1, 0.15) is 12.5 Å². The van der Waals surface area contributed by atoms with Gasteiger partial charge in [0.25, 0.3) is 0 Å². The van der Waals surface area contributed by atoms with Crippen molar-refractivity contribution in [1.29, 1.82) is 0 Å². The first-order valence-corrected chi connectivity index (χ1v) is 7.32. The Hall–Kier alpha value is -2.56. The summed E-state index contributed by atoms with van der Waals surface area (Å²) in [6.07, 6.45) is 4.35. The predicted octanol–water partition coefficient (Wildman–Crippen LogP) is 3.19. The maximum Gasteiger partial charge on any atom is 0.321 e. The van der Waals surface area contributed by atoms with Gasteiger partial charge in [-0.05, 0) is 55.3 Å². The second-order valence-corrected chi connectivity index (χ2v) is 4.84. The Labute approximate surface area is 130 Å². The van der Waals surface area contributed by atoms with Crippen LogP contribution in [0.4, 0.5) is 10.5 Å². The molecule has 1 aromatic carbocycles. The van der Waals surface area contributed by atoms with Crippen LogP contribution in [0.5, 0.6) is 5.75 Å². The van der Waals surface area contributed by atoms with Crippen LogP contribution in [0.3, 0.4) is 0 Å². The summed E-state index contributed by atoms with van der Waals surface area (Å²) < 4.78 is 5.10. The number of urea groups is 1. The molecule has 1 heterocycles. The molecule has 1 N–H and O–H groups in total. The zero-order chi connectivity index (χ0) is 15.8. The summed E-state index contributed by atoms with van der Waals surface area (Å²) in [6, 6.07) is 11.1. The molecular weight excluding hydrogens is 278 g/mol. The second-order valence-electron chi connectivity index (χ2n) is 4.84. The summed E-state index contributed by atoms with van der Waals surface area (Å²) in [4.78, 5) is 18.1. The summed E-state index contributed by atoms with van der Waals surface area (Å²) in [7, 11) is 1.62. The van der Waals surface area contributed by atoms with E-state index in [9.17, 15) is 4.79 Å². The quantitative estimate of drug-likeness (QED) is 0.891. The largest absolute Gasteiger partial charge is 0.497 e. The van der Waals surface area contributed by atoms with Gasteiger partial charge in [-0.2, -0.15) is 0 Å². The molecule has 0 saturated carbocycles. The number of aromatic nitrogens is 1. The van der Waals surface area contributed by atoms with Gasteiger partial charge in [0, 0.05) is 31.2 Å². The fourth-order valence-electron chi connectivity index (χ4n) is 2.09. The molecule has 0 saturated heterocycles. The Morgan fingerprint density at radius 1 is 1.18 bits per heavy atom. The highest BCUT2D eigenvalue weighted by Gasteiger charge is 2.11. The summed E-state index contributed by atoms with van der Waals surface area (Å²) in [5, 5.41) is 2.90. The summed E-state index contributed by atoms with van der Waals surface area (Å²) >= 11 is 0. The molecular formula is C17H21N3O2. The molecule has 2 aromatic rings. The van der Waals surface area contributed by atoms with E-state index in [-0.39, 0.29) is 6.03 Å². The minimum absolute atomic E-state index is 0.0956. The average molecular weight is 299 g/mol.